The summed E-state index contributed by atoms with van der Waals surface area (Å²) in [6.45, 7) is 16.7. The summed E-state index contributed by atoms with van der Waals surface area (Å²) >= 11 is 0. The maximum absolute atomic E-state index is 14.9. The number of hydrogen-bond donors (Lipinski definition) is 18. The summed E-state index contributed by atoms with van der Waals surface area (Å²) in [7, 11) is 5.90. The van der Waals surface area contributed by atoms with Crippen LogP contribution in [0.1, 0.15) is 194 Å². The lowest BCUT2D eigenvalue weighted by molar-refractivity contribution is -0.148. The van der Waals surface area contributed by atoms with Crippen molar-refractivity contribution in [3.63, 3.8) is 0 Å². The Morgan fingerprint density at radius 1 is 0.453 bits per heavy atom. The number of ether oxygens (including phenoxy) is 4. The van der Waals surface area contributed by atoms with Crippen molar-refractivity contribution < 1.29 is 135 Å². The highest BCUT2D eigenvalue weighted by molar-refractivity contribution is 6.00. The number of aliphatic carboxylic acids is 4. The third-order valence-electron chi connectivity index (χ3n) is 25.5. The van der Waals surface area contributed by atoms with Gasteiger partial charge in [0, 0.05) is 105 Å². The molecule has 45 nitrogen and oxygen atoms in total. The average molecular weight is 2080 g/mol. The second-order valence-electron chi connectivity index (χ2n) is 37.9. The van der Waals surface area contributed by atoms with Crippen molar-refractivity contribution in [3.05, 3.63) is 138 Å². The smallest absolute Gasteiger partial charge is 0.410 e. The van der Waals surface area contributed by atoms with Gasteiger partial charge in [-0.25, -0.2) is 29.9 Å². The van der Waals surface area contributed by atoms with Gasteiger partial charge in [0.15, 0.2) is 0 Å². The summed E-state index contributed by atoms with van der Waals surface area (Å²) in [6.07, 6.45) is -0.00199. The van der Waals surface area contributed by atoms with Gasteiger partial charge >= 0.3 is 36.0 Å². The van der Waals surface area contributed by atoms with Crippen molar-refractivity contribution in [2.45, 2.75) is 283 Å². The van der Waals surface area contributed by atoms with Gasteiger partial charge in [0.1, 0.15) is 73.6 Å². The Hall–Kier alpha value is -13.8. The normalized spacial score (nSPS) is 15.3. The first-order valence-electron chi connectivity index (χ1n) is 50.1. The van der Waals surface area contributed by atoms with E-state index in [1.807, 2.05) is 19.2 Å². The number of likely N-dealkylation sites (tertiary alicyclic amines) is 1. The number of carbonyl (C=O) groups excluding carboxylic acids is 15. The van der Waals surface area contributed by atoms with Crippen molar-refractivity contribution >= 4 is 118 Å². The Labute approximate surface area is 863 Å². The van der Waals surface area contributed by atoms with Gasteiger partial charge in [-0.3, -0.25) is 76.9 Å². The molecule has 16 amide bonds. The Morgan fingerprint density at radius 2 is 0.946 bits per heavy atom. The summed E-state index contributed by atoms with van der Waals surface area (Å²) < 4.78 is 23.4. The molecule has 1 heterocycles. The molecule has 818 valence electrons. The number of benzene rings is 4. The molecule has 1 aliphatic rings. The molecule has 45 heteroatoms. The Balaban J connectivity index is 1.07. The molecule has 0 bridgehead atoms. The van der Waals surface area contributed by atoms with E-state index in [4.69, 9.17) is 30.0 Å². The Bertz CT molecular complexity index is 4970. The van der Waals surface area contributed by atoms with Crippen molar-refractivity contribution in [2.75, 3.05) is 79.6 Å². The third kappa shape index (κ3) is 43.7. The van der Waals surface area contributed by atoms with Gasteiger partial charge in [-0.05, 0) is 110 Å². The van der Waals surface area contributed by atoms with Crippen LogP contribution < -0.4 is 75.0 Å². The molecule has 4 aromatic rings. The highest BCUT2D eigenvalue weighted by Gasteiger charge is 2.45. The van der Waals surface area contributed by atoms with Gasteiger partial charge in [-0.1, -0.05) is 191 Å². The summed E-state index contributed by atoms with van der Waals surface area (Å²) in [6, 6.07) is 17.9. The molecule has 4 aromatic carbocycles. The first-order valence-corrected chi connectivity index (χ1v) is 50.1. The summed E-state index contributed by atoms with van der Waals surface area (Å²) in [5.41, 5.74) is 2.94. The Kier molecular flexibility index (Phi) is 55.4. The topological polar surface area (TPSA) is 644 Å². The van der Waals surface area contributed by atoms with Gasteiger partial charge in [0.2, 0.25) is 76.8 Å². The zero-order valence-electron chi connectivity index (χ0n) is 87.0. The fourth-order valence-corrected chi connectivity index (χ4v) is 17.0. The molecule has 0 radical (unpaired) electrons. The second kappa shape index (κ2) is 65.7. The summed E-state index contributed by atoms with van der Waals surface area (Å²) in [5.74, 6) is -10.7. The first kappa shape index (κ1) is 125. The Morgan fingerprint density at radius 3 is 1.47 bits per heavy atom. The van der Waals surface area contributed by atoms with Crippen LogP contribution >= 0.6 is 0 Å². The lowest BCUT2D eigenvalue weighted by Gasteiger charge is -2.41. The van der Waals surface area contributed by atoms with Gasteiger partial charge in [0.05, 0.1) is 49.8 Å². The molecule has 1 unspecified atom stereocenters. The number of nitrogens with two attached hydrogens (primary N) is 1. The number of methoxy groups -OCH3 is 2. The molecule has 16 atom stereocenters. The SMILES string of the molecule is CC[C@H](C)[C@@H]([C@@H](CC(=O)N1CCC[C@H]1[C@H](OC)[C@@H](C)C(=O)N[C@@H](Cc1ccccc1)C(=O)O)OC)N(C)C(=O)[C@@H](NC(=O)[C@H](C(C)C)N(C)C(=O)OCc1ccc(NC(=O)[C@H](C)NC(=O)[C@@H](NC(=O)C(CCC(=O)NCCOCCNC(=O)[C@H](Cc2ccccc2)NC(=O)[C@H](Cc2ccccc2)NC(=O)CCCCCCCNC(=O)CC[C@H](NC(=O)N[C@@H](CCC(=O)O)C(=O)O)C(=O)O)NC(=O)CON)C(C)C)cc1)C(C)C. The number of carboxylic acids is 4. The first-order chi connectivity index (χ1) is 70.3. The van der Waals surface area contributed by atoms with Gasteiger partial charge in [0.25, 0.3) is 0 Å². The number of amides is 16. The van der Waals surface area contributed by atoms with Crippen LogP contribution in [0.25, 0.3) is 0 Å². The van der Waals surface area contributed by atoms with Crippen LogP contribution in [-0.4, -0.2) is 307 Å². The molecule has 19 N–H and O–H groups in total. The van der Waals surface area contributed by atoms with E-state index in [0.717, 1.165) is 21.6 Å². The molecule has 5 rings (SSSR count). The van der Waals surface area contributed by atoms with E-state index in [1.165, 1.54) is 45.2 Å². The van der Waals surface area contributed by atoms with Crippen LogP contribution in [0.15, 0.2) is 115 Å². The number of carboxylic acid groups (broad SMARTS) is 4. The average Bonchev–Trinajstić information content (AvgIpc) is 1.51. The maximum atomic E-state index is 14.9. The fourth-order valence-electron chi connectivity index (χ4n) is 17.0. The lowest BCUT2D eigenvalue weighted by Crippen LogP contribution is -2.60. The molecule has 0 aromatic heterocycles. The van der Waals surface area contributed by atoms with E-state index in [0.29, 0.717) is 63.5 Å². The number of hydrogen-bond acceptors (Lipinski definition) is 25. The van der Waals surface area contributed by atoms with Gasteiger partial charge < -0.3 is 118 Å². The van der Waals surface area contributed by atoms with Crippen LogP contribution in [0.2, 0.25) is 0 Å². The number of nitrogens with zero attached hydrogens (tertiary/aromatic N) is 3. The van der Waals surface area contributed by atoms with Crippen LogP contribution in [0.3, 0.4) is 0 Å². The molecule has 1 saturated heterocycles. The van der Waals surface area contributed by atoms with Crippen LogP contribution in [-0.2, 0) is 131 Å². The standard InChI is InChI=1S/C103H153N17O28/c1-15-64(8)89(79(144-13)58-84(125)120-52-30-37-78(120)90(145-14)65(9)91(128)113-77(101(140)141)57-69-35-26-21-27-36-69)118(11)98(135)87(62(4)5)117-97(134)88(63(6)7)119(12)103(143)147-59-70-39-41-71(42-40-70)109-92(129)66(10)108-96(133)86(61(2)3)116-94(131)72(110-83(124)60-148-104)43-46-81(122)106-50-53-146-54-51-107-93(130)75(55-67-31-22-19-23-32-67)112-95(132)76(56-68-33-24-20-25-34-68)111-82(123)38-28-17-16-18-29-49-105-80(121)47-44-73(99(136)137)114-102(142)115-74(100(138)139)45-48-85(126)127/h19-27,31-36,39-42,61-66,72-79,86-90H,15-18,28-30,37-38,43-60,104H2,1-14H3,(H,105,121)(H,106,122)(H,107,130)(H,108,133)(H,109,129)(H,110,124)(H,111,123)(H,112,132)(H,113,128)(H,116,131)(H,117,134)(H,126,127)(H,136,137)(H,138,139)(H,140,141)(H2,114,115,142)/t64-,65+,66-,72?,73-,74-,75-,76-,77-,78-,79+,86-,87-,88-,89-,90+/m0/s1. The number of carbonyl (C=O) groups is 19. The third-order valence-corrected chi connectivity index (χ3v) is 25.5. The number of rotatable bonds is 68. The van der Waals surface area contributed by atoms with E-state index in [1.54, 1.807) is 164 Å². The second-order valence-corrected chi connectivity index (χ2v) is 37.9. The predicted molar refractivity (Wildman–Crippen MR) is 542 cm³/mol. The van der Waals surface area contributed by atoms with E-state index < -0.39 is 235 Å². The maximum Gasteiger partial charge on any atom is 0.410 e. The number of anilines is 1. The summed E-state index contributed by atoms with van der Waals surface area (Å²) in [5, 5.41) is 71.7. The van der Waals surface area contributed by atoms with Crippen LogP contribution in [0, 0.1) is 29.6 Å². The molecule has 0 aliphatic carbocycles. The van der Waals surface area contributed by atoms with Crippen molar-refractivity contribution in [1.82, 2.24) is 78.5 Å². The fraction of sp³-hybridized carbons (Fsp3) is 0.583. The summed E-state index contributed by atoms with van der Waals surface area (Å²) in [4.78, 5) is 261. The van der Waals surface area contributed by atoms with Gasteiger partial charge in [-0.15, -0.1) is 0 Å². The number of urea groups is 1. The zero-order chi connectivity index (χ0) is 110. The number of nitrogens with one attached hydrogen (secondary N) is 13. The molecular formula is C103H153N17O28. The van der Waals surface area contributed by atoms with Crippen molar-refractivity contribution in [3.8, 4) is 0 Å². The molecule has 1 fully saturated rings. The number of unbranched alkanes of at least 4 members (excludes halogenated alkanes) is 4. The minimum atomic E-state index is -1.59. The molecular weight excluding hydrogens is 1920 g/mol. The predicted octanol–water partition coefficient (Wildman–Crippen LogP) is 3.90. The quantitative estimate of drug-likeness (QED) is 0.0220. The van der Waals surface area contributed by atoms with Crippen molar-refractivity contribution in [1.29, 1.82) is 0 Å². The molecule has 0 spiro atoms. The minimum Gasteiger partial charge on any atom is -0.481 e. The highest BCUT2D eigenvalue weighted by atomic mass is 16.6. The molecule has 0 saturated carbocycles. The number of likely N-dealkylation sites (N-methyl/N-ethyl adjacent to an activating group) is 2. The molecule has 148 heavy (non-hydrogen) atoms. The van der Waals surface area contributed by atoms with E-state index >= 15 is 0 Å². The van der Waals surface area contributed by atoms with E-state index in [-0.39, 0.29) is 115 Å². The van der Waals surface area contributed by atoms with Crippen LogP contribution in [0.4, 0.5) is 15.3 Å². The zero-order valence-corrected chi connectivity index (χ0v) is 87.0. The lowest BCUT2D eigenvalue weighted by atomic mass is 9.89. The van der Waals surface area contributed by atoms with E-state index in [9.17, 15) is 106 Å². The molecule has 1 aliphatic heterocycles. The largest absolute Gasteiger partial charge is 0.481 e. The van der Waals surface area contributed by atoms with Crippen LogP contribution in [0.5, 0.6) is 0 Å². The monoisotopic (exact) mass is 2080 g/mol. The highest BCUT2D eigenvalue weighted by Crippen LogP contribution is 2.31. The van der Waals surface area contributed by atoms with Gasteiger partial charge in [-0.2, -0.15) is 0 Å². The van der Waals surface area contributed by atoms with Crippen molar-refractivity contribution in [2.24, 2.45) is 35.5 Å². The van der Waals surface area contributed by atoms with E-state index in [2.05, 4.69) is 68.6 Å². The minimum absolute atomic E-state index is 0.0305.